The lowest BCUT2D eigenvalue weighted by molar-refractivity contribution is -0.151. The van der Waals surface area contributed by atoms with Gasteiger partial charge in [0.2, 0.25) is 5.91 Å². The van der Waals surface area contributed by atoms with Crippen molar-refractivity contribution in [3.63, 3.8) is 0 Å². The minimum atomic E-state index is -1.08. The van der Waals surface area contributed by atoms with Crippen LogP contribution in [0.5, 0.6) is 11.5 Å². The SMILES string of the molecule is COC(=O)[C@]12CCC(=O)C3=C1N(CCc1cc(OC)c(OC)cc13)C(=O)C2. The summed E-state index contributed by atoms with van der Waals surface area (Å²) >= 11 is 0. The van der Waals surface area contributed by atoms with Crippen molar-refractivity contribution in [1.82, 2.24) is 4.90 Å². The number of hydrogen-bond acceptors (Lipinski definition) is 6. The number of allylic oxidation sites excluding steroid dienone is 1. The zero-order valence-electron chi connectivity index (χ0n) is 15.6. The maximum Gasteiger partial charge on any atom is 0.318 e. The molecule has 1 aromatic rings. The highest BCUT2D eigenvalue weighted by Gasteiger charge is 2.58. The van der Waals surface area contributed by atoms with Gasteiger partial charge in [-0.15, -0.1) is 0 Å². The molecule has 3 aliphatic rings. The van der Waals surface area contributed by atoms with Gasteiger partial charge in [0.25, 0.3) is 0 Å². The topological polar surface area (TPSA) is 82.1 Å². The van der Waals surface area contributed by atoms with Crippen molar-refractivity contribution in [3.8, 4) is 11.5 Å². The number of nitrogens with zero attached hydrogens (tertiary/aromatic N) is 1. The van der Waals surface area contributed by atoms with E-state index in [1.165, 1.54) is 14.2 Å². The number of hydrogen-bond donors (Lipinski definition) is 0. The minimum absolute atomic E-state index is 0.0500. The van der Waals surface area contributed by atoms with Gasteiger partial charge >= 0.3 is 5.97 Å². The Balaban J connectivity index is 2.03. The van der Waals surface area contributed by atoms with Crippen LogP contribution in [0.2, 0.25) is 0 Å². The van der Waals surface area contributed by atoms with Crippen LogP contribution < -0.4 is 9.47 Å². The molecule has 1 atom stereocenters. The summed E-state index contributed by atoms with van der Waals surface area (Å²) in [6.07, 6.45) is 1.10. The van der Waals surface area contributed by atoms with Crippen molar-refractivity contribution in [3.05, 3.63) is 29.0 Å². The Morgan fingerprint density at radius 1 is 1.07 bits per heavy atom. The normalized spacial score (nSPS) is 23.6. The standard InChI is InChI=1S/C20H21NO6/c1-25-14-8-11-5-7-21-16(23)10-20(19(24)27-3)6-4-13(22)17(18(20)21)12(11)9-15(14)26-2/h8-9H,4-7,10H2,1-3H3/t20-/m0/s1. The predicted octanol–water partition coefficient (Wildman–Crippen LogP) is 1.73. The lowest BCUT2D eigenvalue weighted by Crippen LogP contribution is -2.38. The second-order valence-corrected chi connectivity index (χ2v) is 7.06. The molecule has 2 heterocycles. The maximum absolute atomic E-state index is 13.0. The second-order valence-electron chi connectivity index (χ2n) is 7.06. The molecule has 1 aromatic carbocycles. The molecule has 4 rings (SSSR count). The minimum Gasteiger partial charge on any atom is -0.493 e. The van der Waals surface area contributed by atoms with Crippen molar-refractivity contribution in [2.24, 2.45) is 5.41 Å². The number of methoxy groups -OCH3 is 3. The van der Waals surface area contributed by atoms with Crippen molar-refractivity contribution in [2.45, 2.75) is 25.7 Å². The van der Waals surface area contributed by atoms with Gasteiger partial charge in [0, 0.05) is 25.0 Å². The molecule has 142 valence electrons. The number of ketones is 1. The van der Waals surface area contributed by atoms with E-state index in [0.717, 1.165) is 5.56 Å². The molecule has 1 aliphatic carbocycles. The van der Waals surface area contributed by atoms with Gasteiger partial charge in [-0.25, -0.2) is 0 Å². The zero-order valence-corrected chi connectivity index (χ0v) is 15.6. The fourth-order valence-electron chi connectivity index (χ4n) is 4.56. The fourth-order valence-corrected chi connectivity index (χ4v) is 4.56. The number of ether oxygens (including phenoxy) is 3. The fraction of sp³-hybridized carbons (Fsp3) is 0.450. The largest absolute Gasteiger partial charge is 0.493 e. The van der Waals surface area contributed by atoms with E-state index >= 15 is 0 Å². The van der Waals surface area contributed by atoms with Crippen LogP contribution in [0.15, 0.2) is 17.8 Å². The Kier molecular flexibility index (Phi) is 3.98. The number of amides is 1. The van der Waals surface area contributed by atoms with Gasteiger partial charge in [-0.2, -0.15) is 0 Å². The van der Waals surface area contributed by atoms with E-state index in [1.54, 1.807) is 18.1 Å². The summed E-state index contributed by atoms with van der Waals surface area (Å²) in [5.41, 5.74) is 1.46. The van der Waals surface area contributed by atoms with Gasteiger partial charge in [-0.05, 0) is 36.1 Å². The summed E-state index contributed by atoms with van der Waals surface area (Å²) in [6.45, 7) is 0.409. The quantitative estimate of drug-likeness (QED) is 0.753. The maximum atomic E-state index is 13.0. The Labute approximate surface area is 156 Å². The second kappa shape index (κ2) is 6.11. The number of rotatable bonds is 3. The third-order valence-electron chi connectivity index (χ3n) is 5.83. The van der Waals surface area contributed by atoms with Gasteiger partial charge < -0.3 is 19.1 Å². The predicted molar refractivity (Wildman–Crippen MR) is 95.2 cm³/mol. The van der Waals surface area contributed by atoms with Crippen LogP contribution in [0.4, 0.5) is 0 Å². The van der Waals surface area contributed by atoms with Gasteiger partial charge in [0.05, 0.1) is 27.0 Å². The Hall–Kier alpha value is -2.83. The number of benzene rings is 1. The monoisotopic (exact) mass is 371 g/mol. The van der Waals surface area contributed by atoms with E-state index in [-0.39, 0.29) is 24.5 Å². The van der Waals surface area contributed by atoms with Crippen LogP contribution in [0.3, 0.4) is 0 Å². The van der Waals surface area contributed by atoms with Gasteiger partial charge in [-0.1, -0.05) is 0 Å². The average molecular weight is 371 g/mol. The van der Waals surface area contributed by atoms with Crippen LogP contribution in [0, 0.1) is 5.41 Å². The average Bonchev–Trinajstić information content (AvgIpc) is 2.86. The smallest absolute Gasteiger partial charge is 0.318 e. The van der Waals surface area contributed by atoms with E-state index in [1.807, 2.05) is 6.07 Å². The summed E-state index contributed by atoms with van der Waals surface area (Å²) < 4.78 is 15.8. The highest BCUT2D eigenvalue weighted by molar-refractivity contribution is 6.25. The van der Waals surface area contributed by atoms with E-state index < -0.39 is 11.4 Å². The van der Waals surface area contributed by atoms with Gasteiger partial charge in [0.15, 0.2) is 17.3 Å². The lowest BCUT2D eigenvalue weighted by Gasteiger charge is -2.34. The first-order valence-electron chi connectivity index (χ1n) is 8.89. The first-order chi connectivity index (χ1) is 13.0. The van der Waals surface area contributed by atoms with Crippen LogP contribution in [0.1, 0.15) is 30.4 Å². The van der Waals surface area contributed by atoms with Crippen LogP contribution in [-0.2, 0) is 25.5 Å². The van der Waals surface area contributed by atoms with Crippen molar-refractivity contribution in [1.29, 1.82) is 0 Å². The van der Waals surface area contributed by atoms with Crippen LogP contribution in [-0.4, -0.2) is 50.4 Å². The van der Waals surface area contributed by atoms with E-state index in [9.17, 15) is 14.4 Å². The van der Waals surface area contributed by atoms with E-state index in [2.05, 4.69) is 0 Å². The molecule has 0 saturated carbocycles. The number of esters is 1. The van der Waals surface area contributed by atoms with Gasteiger partial charge in [-0.3, -0.25) is 14.4 Å². The number of fused-ring (bicyclic) bond motifs is 2. The summed E-state index contributed by atoms with van der Waals surface area (Å²) in [5.74, 6) is 0.401. The van der Waals surface area contributed by atoms with Crippen molar-refractivity contribution >= 4 is 23.2 Å². The molecular weight excluding hydrogens is 350 g/mol. The number of carbonyl (C=O) groups excluding carboxylic acids is 3. The Morgan fingerprint density at radius 3 is 2.44 bits per heavy atom. The molecule has 1 amide bonds. The summed E-state index contributed by atoms with van der Waals surface area (Å²) in [6, 6.07) is 3.62. The molecule has 0 unspecified atom stereocenters. The Bertz CT molecular complexity index is 902. The Morgan fingerprint density at radius 2 is 1.78 bits per heavy atom. The molecule has 7 nitrogen and oxygen atoms in total. The highest BCUT2D eigenvalue weighted by atomic mass is 16.5. The summed E-state index contributed by atoms with van der Waals surface area (Å²) in [4.78, 5) is 40.0. The lowest BCUT2D eigenvalue weighted by atomic mass is 9.71. The first-order valence-corrected chi connectivity index (χ1v) is 8.89. The third-order valence-corrected chi connectivity index (χ3v) is 5.83. The molecule has 0 spiro atoms. The molecular formula is C20H21NO6. The molecule has 0 bridgehead atoms. The van der Waals surface area contributed by atoms with Gasteiger partial charge in [0.1, 0.15) is 5.41 Å². The van der Waals surface area contributed by atoms with Crippen LogP contribution in [0.25, 0.3) is 5.57 Å². The molecule has 1 saturated heterocycles. The molecule has 27 heavy (non-hydrogen) atoms. The van der Waals surface area contributed by atoms with Crippen molar-refractivity contribution < 1.29 is 28.6 Å². The number of carbonyl (C=O) groups is 3. The third kappa shape index (κ3) is 2.30. The molecule has 0 aromatic heterocycles. The van der Waals surface area contributed by atoms with E-state index in [0.29, 0.717) is 47.7 Å². The van der Waals surface area contributed by atoms with Crippen LogP contribution >= 0.6 is 0 Å². The molecule has 1 fully saturated rings. The molecule has 0 N–H and O–H groups in total. The van der Waals surface area contributed by atoms with E-state index in [4.69, 9.17) is 14.2 Å². The summed E-state index contributed by atoms with van der Waals surface area (Å²) in [5, 5.41) is 0. The number of Topliss-reactive ketones (excluding diaryl/α,β-unsaturated/α-hetero) is 1. The summed E-state index contributed by atoms with van der Waals surface area (Å²) in [7, 11) is 4.41. The zero-order chi connectivity index (χ0) is 19.3. The highest BCUT2D eigenvalue weighted by Crippen LogP contribution is 2.54. The molecule has 2 aliphatic heterocycles. The molecule has 0 radical (unpaired) electrons. The van der Waals surface area contributed by atoms with Crippen molar-refractivity contribution in [2.75, 3.05) is 27.9 Å². The molecule has 7 heteroatoms. The first kappa shape index (κ1) is 17.6.